The van der Waals surface area contributed by atoms with Gasteiger partial charge in [-0.15, -0.1) is 0 Å². The van der Waals surface area contributed by atoms with Crippen molar-refractivity contribution in [3.63, 3.8) is 0 Å². The topological polar surface area (TPSA) is 72.6 Å². The van der Waals surface area contributed by atoms with Crippen LogP contribution in [0.5, 0.6) is 0 Å². The molecule has 6 heteroatoms. The summed E-state index contributed by atoms with van der Waals surface area (Å²) in [4.78, 5) is 0.229. The number of hydrogen-bond donors (Lipinski definition) is 1. The second-order valence-corrected chi connectivity index (χ2v) is 6.52. The highest BCUT2D eigenvalue weighted by molar-refractivity contribution is 7.89. The second kappa shape index (κ2) is 6.36. The van der Waals surface area contributed by atoms with E-state index in [4.69, 9.17) is 10.5 Å². The van der Waals surface area contributed by atoms with Gasteiger partial charge in [0.2, 0.25) is 10.0 Å². The van der Waals surface area contributed by atoms with E-state index in [2.05, 4.69) is 0 Å². The van der Waals surface area contributed by atoms with Crippen LogP contribution in [0.4, 0.5) is 5.69 Å². The molecule has 5 nitrogen and oxygen atoms in total. The van der Waals surface area contributed by atoms with Crippen LogP contribution in [0, 0.1) is 13.8 Å². The van der Waals surface area contributed by atoms with Crippen molar-refractivity contribution >= 4 is 15.7 Å². The third-order valence-corrected chi connectivity index (χ3v) is 4.98. The van der Waals surface area contributed by atoms with Crippen molar-refractivity contribution in [1.29, 1.82) is 0 Å². The summed E-state index contributed by atoms with van der Waals surface area (Å²) in [5, 5.41) is 0. The van der Waals surface area contributed by atoms with Crippen LogP contribution in [0.25, 0.3) is 0 Å². The Balaban J connectivity index is 3.00. The lowest BCUT2D eigenvalue weighted by Crippen LogP contribution is -2.30. The van der Waals surface area contributed by atoms with Gasteiger partial charge < -0.3 is 10.5 Å². The van der Waals surface area contributed by atoms with Crippen molar-refractivity contribution in [3.05, 3.63) is 23.3 Å². The van der Waals surface area contributed by atoms with E-state index < -0.39 is 10.0 Å². The molecule has 0 unspecified atom stereocenters. The Labute approximate surface area is 115 Å². The highest BCUT2D eigenvalue weighted by atomic mass is 32.2. The van der Waals surface area contributed by atoms with E-state index in [0.717, 1.165) is 11.1 Å². The highest BCUT2D eigenvalue weighted by Gasteiger charge is 2.21. The lowest BCUT2D eigenvalue weighted by atomic mass is 10.1. The van der Waals surface area contributed by atoms with Gasteiger partial charge in [0.15, 0.2) is 0 Å². The summed E-state index contributed by atoms with van der Waals surface area (Å²) in [6.45, 7) is 6.88. The number of benzene rings is 1. The van der Waals surface area contributed by atoms with Gasteiger partial charge in [0.25, 0.3) is 0 Å². The molecule has 0 spiro atoms. The number of nitrogen functional groups attached to an aromatic ring is 1. The smallest absolute Gasteiger partial charge is 0.242 e. The molecule has 1 aromatic rings. The van der Waals surface area contributed by atoms with Gasteiger partial charge in [-0.3, -0.25) is 0 Å². The Morgan fingerprint density at radius 1 is 1.32 bits per heavy atom. The molecular weight excluding hydrogens is 264 g/mol. The Morgan fingerprint density at radius 2 is 1.95 bits per heavy atom. The molecule has 0 aliphatic carbocycles. The third-order valence-electron chi connectivity index (χ3n) is 3.14. The van der Waals surface area contributed by atoms with Gasteiger partial charge in [0.1, 0.15) is 0 Å². The Kier molecular flexibility index (Phi) is 5.34. The standard InChI is InChI=1S/C13H22N2O3S/c1-5-18-7-6-15(4)19(16,17)12-8-10(2)11(3)13(14)9-12/h8-9H,5-7,14H2,1-4H3. The van der Waals surface area contributed by atoms with Crippen molar-refractivity contribution in [1.82, 2.24) is 4.31 Å². The van der Waals surface area contributed by atoms with E-state index in [1.165, 1.54) is 10.4 Å². The SMILES string of the molecule is CCOCCN(C)S(=O)(=O)c1cc(C)c(C)c(N)c1. The Morgan fingerprint density at radius 3 is 2.47 bits per heavy atom. The van der Waals surface area contributed by atoms with Crippen LogP contribution < -0.4 is 5.73 Å². The van der Waals surface area contributed by atoms with Crippen molar-refractivity contribution in [2.75, 3.05) is 32.5 Å². The van der Waals surface area contributed by atoms with Crippen molar-refractivity contribution in [3.8, 4) is 0 Å². The first-order chi connectivity index (χ1) is 8.80. The molecular formula is C13H22N2O3S. The zero-order valence-corrected chi connectivity index (χ0v) is 12.8. The first-order valence-electron chi connectivity index (χ1n) is 6.21. The summed E-state index contributed by atoms with van der Waals surface area (Å²) in [6.07, 6.45) is 0. The van der Waals surface area contributed by atoms with Gasteiger partial charge in [0.05, 0.1) is 11.5 Å². The summed E-state index contributed by atoms with van der Waals surface area (Å²) < 4.78 is 31.2. The number of anilines is 1. The molecule has 0 aliphatic rings. The molecule has 0 atom stereocenters. The molecule has 0 radical (unpaired) electrons. The molecule has 0 aliphatic heterocycles. The maximum absolute atomic E-state index is 12.4. The van der Waals surface area contributed by atoms with Gasteiger partial charge in [-0.05, 0) is 44.0 Å². The van der Waals surface area contributed by atoms with E-state index in [1.807, 2.05) is 20.8 Å². The zero-order valence-electron chi connectivity index (χ0n) is 11.9. The average molecular weight is 286 g/mol. The average Bonchev–Trinajstić information content (AvgIpc) is 2.35. The molecule has 1 rings (SSSR count). The molecule has 19 heavy (non-hydrogen) atoms. The van der Waals surface area contributed by atoms with Gasteiger partial charge >= 0.3 is 0 Å². The molecule has 2 N–H and O–H groups in total. The van der Waals surface area contributed by atoms with Gasteiger partial charge in [0, 0.05) is 25.9 Å². The molecule has 0 fully saturated rings. The number of nitrogens with two attached hydrogens (primary N) is 1. The fourth-order valence-corrected chi connectivity index (χ4v) is 2.92. The minimum Gasteiger partial charge on any atom is -0.398 e. The summed E-state index contributed by atoms with van der Waals surface area (Å²) in [7, 11) is -1.97. The van der Waals surface area contributed by atoms with Crippen LogP contribution >= 0.6 is 0 Å². The van der Waals surface area contributed by atoms with Crippen LogP contribution in [-0.4, -0.2) is 39.5 Å². The van der Waals surface area contributed by atoms with E-state index in [1.54, 1.807) is 13.1 Å². The summed E-state index contributed by atoms with van der Waals surface area (Å²) in [5.41, 5.74) is 8.11. The van der Waals surface area contributed by atoms with Crippen molar-refractivity contribution < 1.29 is 13.2 Å². The largest absolute Gasteiger partial charge is 0.398 e. The van der Waals surface area contributed by atoms with E-state index in [-0.39, 0.29) is 4.90 Å². The van der Waals surface area contributed by atoms with Gasteiger partial charge in [-0.1, -0.05) is 0 Å². The molecule has 0 amide bonds. The predicted octanol–water partition coefficient (Wildman–Crippen LogP) is 1.54. The van der Waals surface area contributed by atoms with Crippen LogP contribution in [0.3, 0.4) is 0 Å². The second-order valence-electron chi connectivity index (χ2n) is 4.48. The van der Waals surface area contributed by atoms with Crippen molar-refractivity contribution in [2.45, 2.75) is 25.7 Å². The lowest BCUT2D eigenvalue weighted by molar-refractivity contribution is 0.138. The predicted molar refractivity (Wildman–Crippen MR) is 76.6 cm³/mol. The molecule has 1 aromatic carbocycles. The number of ether oxygens (including phenoxy) is 1. The highest BCUT2D eigenvalue weighted by Crippen LogP contribution is 2.23. The maximum atomic E-state index is 12.4. The van der Waals surface area contributed by atoms with E-state index >= 15 is 0 Å². The fraction of sp³-hybridized carbons (Fsp3) is 0.538. The number of aryl methyl sites for hydroxylation is 1. The lowest BCUT2D eigenvalue weighted by Gasteiger charge is -2.18. The number of hydrogen-bond acceptors (Lipinski definition) is 4. The number of rotatable bonds is 6. The van der Waals surface area contributed by atoms with Gasteiger partial charge in [-0.2, -0.15) is 4.31 Å². The Hall–Kier alpha value is -1.11. The number of nitrogens with zero attached hydrogens (tertiary/aromatic N) is 1. The maximum Gasteiger partial charge on any atom is 0.242 e. The van der Waals surface area contributed by atoms with Crippen molar-refractivity contribution in [2.24, 2.45) is 0 Å². The van der Waals surface area contributed by atoms with Crippen LogP contribution in [-0.2, 0) is 14.8 Å². The number of sulfonamides is 1. The van der Waals surface area contributed by atoms with Crippen LogP contribution in [0.1, 0.15) is 18.1 Å². The monoisotopic (exact) mass is 286 g/mol. The van der Waals surface area contributed by atoms with E-state index in [9.17, 15) is 8.42 Å². The van der Waals surface area contributed by atoms with Gasteiger partial charge in [-0.25, -0.2) is 8.42 Å². The molecule has 0 saturated carbocycles. The molecule has 0 bridgehead atoms. The van der Waals surface area contributed by atoms with Crippen LogP contribution in [0.2, 0.25) is 0 Å². The van der Waals surface area contributed by atoms with E-state index in [0.29, 0.717) is 25.4 Å². The summed E-state index contributed by atoms with van der Waals surface area (Å²) in [6, 6.07) is 3.16. The first kappa shape index (κ1) is 15.9. The summed E-state index contributed by atoms with van der Waals surface area (Å²) >= 11 is 0. The fourth-order valence-electron chi connectivity index (χ4n) is 1.64. The normalized spacial score (nSPS) is 12.1. The molecule has 0 heterocycles. The minimum atomic E-state index is -3.51. The first-order valence-corrected chi connectivity index (χ1v) is 7.65. The minimum absolute atomic E-state index is 0.229. The quantitative estimate of drug-likeness (QED) is 0.636. The molecule has 0 saturated heterocycles. The third kappa shape index (κ3) is 3.68. The number of likely N-dealkylation sites (N-methyl/N-ethyl adjacent to an activating group) is 1. The zero-order chi connectivity index (χ0) is 14.6. The van der Waals surface area contributed by atoms with Crippen LogP contribution in [0.15, 0.2) is 17.0 Å². The molecule has 108 valence electrons. The molecule has 0 aromatic heterocycles. The summed E-state index contributed by atoms with van der Waals surface area (Å²) in [5.74, 6) is 0. The Bertz CT molecular complexity index is 518.